The van der Waals surface area contributed by atoms with Crippen LogP contribution < -0.4 is 10.6 Å². The highest BCUT2D eigenvalue weighted by atomic mass is 127. The van der Waals surface area contributed by atoms with Crippen LogP contribution >= 0.6 is 24.0 Å². The summed E-state index contributed by atoms with van der Waals surface area (Å²) in [7, 11) is 3.13. The summed E-state index contributed by atoms with van der Waals surface area (Å²) < 4.78 is 10.5. The lowest BCUT2D eigenvalue weighted by molar-refractivity contribution is -0.144. The van der Waals surface area contributed by atoms with Gasteiger partial charge in [0.1, 0.15) is 0 Å². The van der Waals surface area contributed by atoms with Gasteiger partial charge in [-0.25, -0.2) is 0 Å². The second-order valence-corrected chi connectivity index (χ2v) is 5.24. The summed E-state index contributed by atoms with van der Waals surface area (Å²) in [5.74, 6) is 0.308. The van der Waals surface area contributed by atoms with Crippen LogP contribution in [0.4, 0.5) is 0 Å². The van der Waals surface area contributed by atoms with Crippen molar-refractivity contribution in [1.82, 2.24) is 10.6 Å². The molecular formula is C13H24IN3O3. The third-order valence-corrected chi connectivity index (χ3v) is 3.83. The highest BCUT2D eigenvalue weighted by Gasteiger charge is 2.41. The summed E-state index contributed by atoms with van der Waals surface area (Å²) in [6.45, 7) is 2.33. The van der Waals surface area contributed by atoms with Crippen molar-refractivity contribution >= 4 is 35.9 Å². The Bertz CT molecular complexity index is 365. The molecule has 2 saturated heterocycles. The van der Waals surface area contributed by atoms with Crippen molar-refractivity contribution in [2.45, 2.75) is 44.4 Å². The Hall–Kier alpha value is -0.570. The summed E-state index contributed by atoms with van der Waals surface area (Å²) in [6, 6.07) is 0.332. The first-order chi connectivity index (χ1) is 9.13. The predicted molar refractivity (Wildman–Crippen MR) is 87.4 cm³/mol. The van der Waals surface area contributed by atoms with E-state index in [0.717, 1.165) is 18.8 Å². The Morgan fingerprint density at radius 2 is 2.25 bits per heavy atom. The normalized spacial score (nSPS) is 29.6. The molecule has 0 saturated carbocycles. The van der Waals surface area contributed by atoms with E-state index in [2.05, 4.69) is 15.6 Å². The summed E-state index contributed by atoms with van der Waals surface area (Å²) in [5.41, 5.74) is 0. The Morgan fingerprint density at radius 3 is 2.75 bits per heavy atom. The van der Waals surface area contributed by atoms with Crippen molar-refractivity contribution in [3.05, 3.63) is 0 Å². The van der Waals surface area contributed by atoms with Crippen molar-refractivity contribution < 1.29 is 14.3 Å². The first-order valence-corrected chi connectivity index (χ1v) is 6.84. The smallest absolute Gasteiger partial charge is 0.310 e. The third kappa shape index (κ3) is 4.21. The van der Waals surface area contributed by atoms with Gasteiger partial charge in [-0.1, -0.05) is 6.92 Å². The van der Waals surface area contributed by atoms with Gasteiger partial charge in [-0.3, -0.25) is 9.79 Å². The van der Waals surface area contributed by atoms with Crippen molar-refractivity contribution in [2.24, 2.45) is 10.9 Å². The maximum absolute atomic E-state index is 11.3. The van der Waals surface area contributed by atoms with Crippen LogP contribution in [0.15, 0.2) is 4.99 Å². The minimum absolute atomic E-state index is 0. The van der Waals surface area contributed by atoms with E-state index >= 15 is 0 Å². The van der Waals surface area contributed by atoms with Crippen molar-refractivity contribution in [3.63, 3.8) is 0 Å². The first-order valence-electron chi connectivity index (χ1n) is 6.84. The maximum atomic E-state index is 11.3. The number of nitrogens with one attached hydrogen (secondary N) is 2. The van der Waals surface area contributed by atoms with Crippen LogP contribution in [0.5, 0.6) is 0 Å². The molecule has 4 unspecified atom stereocenters. The van der Waals surface area contributed by atoms with Gasteiger partial charge >= 0.3 is 5.97 Å². The molecule has 2 aliphatic heterocycles. The Balaban J connectivity index is 0.00000200. The van der Waals surface area contributed by atoms with E-state index in [1.54, 1.807) is 7.05 Å². The highest BCUT2D eigenvalue weighted by Crippen LogP contribution is 2.34. The zero-order valence-electron chi connectivity index (χ0n) is 12.2. The molecule has 0 aromatic rings. The van der Waals surface area contributed by atoms with Crippen LogP contribution in [0.1, 0.15) is 26.2 Å². The number of fused-ring (bicyclic) bond motifs is 2. The zero-order chi connectivity index (χ0) is 13.8. The maximum Gasteiger partial charge on any atom is 0.310 e. The van der Waals surface area contributed by atoms with Gasteiger partial charge in [0.05, 0.1) is 31.3 Å². The summed E-state index contributed by atoms with van der Waals surface area (Å²) >= 11 is 0. The summed E-state index contributed by atoms with van der Waals surface area (Å²) in [4.78, 5) is 15.5. The Labute approximate surface area is 137 Å². The number of esters is 1. The van der Waals surface area contributed by atoms with Gasteiger partial charge in [0.25, 0.3) is 0 Å². The third-order valence-electron chi connectivity index (χ3n) is 3.83. The topological polar surface area (TPSA) is 72.0 Å². The van der Waals surface area contributed by atoms with Gasteiger partial charge in [0.2, 0.25) is 0 Å². The number of guanidine groups is 1. The molecule has 20 heavy (non-hydrogen) atoms. The van der Waals surface area contributed by atoms with Crippen LogP contribution in [0, 0.1) is 5.92 Å². The molecule has 0 radical (unpaired) electrons. The molecule has 4 atom stereocenters. The number of rotatable bonds is 4. The average molecular weight is 397 g/mol. The van der Waals surface area contributed by atoms with Crippen molar-refractivity contribution in [3.8, 4) is 0 Å². The van der Waals surface area contributed by atoms with Crippen LogP contribution in [0.2, 0.25) is 0 Å². The van der Waals surface area contributed by atoms with E-state index in [4.69, 9.17) is 9.47 Å². The van der Waals surface area contributed by atoms with Crippen LogP contribution in [-0.4, -0.2) is 50.9 Å². The van der Waals surface area contributed by atoms with Gasteiger partial charge in [-0.15, -0.1) is 24.0 Å². The Morgan fingerprint density at radius 1 is 1.50 bits per heavy atom. The molecule has 0 aromatic carbocycles. The average Bonchev–Trinajstić information content (AvgIpc) is 3.04. The second kappa shape index (κ2) is 8.02. The molecule has 0 aliphatic carbocycles. The van der Waals surface area contributed by atoms with Gasteiger partial charge < -0.3 is 20.1 Å². The van der Waals surface area contributed by atoms with Crippen LogP contribution in [0.25, 0.3) is 0 Å². The van der Waals surface area contributed by atoms with E-state index < -0.39 is 0 Å². The number of hydrogen-bond donors (Lipinski definition) is 2. The lowest BCUT2D eigenvalue weighted by atomic mass is 9.96. The molecule has 2 aliphatic rings. The molecule has 7 heteroatoms. The van der Waals surface area contributed by atoms with Crippen molar-refractivity contribution in [2.75, 3.05) is 20.7 Å². The van der Waals surface area contributed by atoms with Gasteiger partial charge in [-0.2, -0.15) is 0 Å². The monoisotopic (exact) mass is 397 g/mol. The molecule has 2 fully saturated rings. The lowest BCUT2D eigenvalue weighted by Crippen LogP contribution is -2.48. The van der Waals surface area contributed by atoms with E-state index in [9.17, 15) is 4.79 Å². The molecule has 6 nitrogen and oxygen atoms in total. The number of methoxy groups -OCH3 is 1. The molecule has 116 valence electrons. The summed E-state index contributed by atoms with van der Waals surface area (Å²) in [5, 5.41) is 6.52. The van der Waals surface area contributed by atoms with Gasteiger partial charge in [0, 0.05) is 13.6 Å². The number of halogens is 1. The number of nitrogens with zero attached hydrogens (tertiary/aromatic N) is 1. The second-order valence-electron chi connectivity index (χ2n) is 5.24. The van der Waals surface area contributed by atoms with E-state index in [1.807, 2.05) is 6.92 Å². The number of ether oxygens (including phenoxy) is 2. The zero-order valence-corrected chi connectivity index (χ0v) is 14.5. The molecule has 2 N–H and O–H groups in total. The largest absolute Gasteiger partial charge is 0.469 e. The minimum atomic E-state index is -0.216. The quantitative estimate of drug-likeness (QED) is 0.319. The fraction of sp³-hybridized carbons (Fsp3) is 0.846. The number of aliphatic imine (C=N–C) groups is 1. The van der Waals surface area contributed by atoms with Crippen LogP contribution in [-0.2, 0) is 14.3 Å². The number of hydrogen-bond acceptors (Lipinski definition) is 4. The molecule has 2 heterocycles. The molecule has 0 spiro atoms. The molecule has 0 aromatic heterocycles. The van der Waals surface area contributed by atoms with Gasteiger partial charge in [-0.05, 0) is 19.3 Å². The van der Waals surface area contributed by atoms with Crippen molar-refractivity contribution in [1.29, 1.82) is 0 Å². The minimum Gasteiger partial charge on any atom is -0.469 e. The molecular weight excluding hydrogens is 373 g/mol. The number of carbonyl (C=O) groups is 1. The molecule has 2 rings (SSSR count). The lowest BCUT2D eigenvalue weighted by Gasteiger charge is -2.23. The van der Waals surface area contributed by atoms with Gasteiger partial charge in [0.15, 0.2) is 5.96 Å². The fourth-order valence-corrected chi connectivity index (χ4v) is 2.69. The SMILES string of the molecule is CN=C(NCC(C)C(=O)OC)NC1CC2CCC1O2.I. The molecule has 2 bridgehead atoms. The predicted octanol–water partition coefficient (Wildman–Crippen LogP) is 0.898. The fourth-order valence-electron chi connectivity index (χ4n) is 2.69. The van der Waals surface area contributed by atoms with Crippen LogP contribution in [0.3, 0.4) is 0 Å². The van der Waals surface area contributed by atoms with E-state index in [1.165, 1.54) is 13.5 Å². The number of carbonyl (C=O) groups excluding carboxylic acids is 1. The van der Waals surface area contributed by atoms with E-state index in [-0.39, 0.29) is 35.9 Å². The first kappa shape index (κ1) is 17.5. The standard InChI is InChI=1S/C13H23N3O3.HI/c1-8(12(17)18-3)7-15-13(14-2)16-10-6-9-4-5-11(10)19-9;/h8-11H,4-7H2,1-3H3,(H2,14,15,16);1H. The van der Waals surface area contributed by atoms with E-state index in [0.29, 0.717) is 24.8 Å². The Kier molecular flexibility index (Phi) is 7.01. The molecule has 0 amide bonds. The highest BCUT2D eigenvalue weighted by molar-refractivity contribution is 14.0. The summed E-state index contributed by atoms with van der Waals surface area (Å²) in [6.07, 6.45) is 4.06.